The Morgan fingerprint density at radius 3 is 2.79 bits per heavy atom. The van der Waals surface area contributed by atoms with E-state index < -0.39 is 7.37 Å². The lowest BCUT2D eigenvalue weighted by Gasteiger charge is -2.10. The Kier molecular flexibility index (Phi) is 5.67. The van der Waals surface area contributed by atoms with Gasteiger partial charge in [0.25, 0.3) is 0 Å². The van der Waals surface area contributed by atoms with E-state index in [9.17, 15) is 4.57 Å². The summed E-state index contributed by atoms with van der Waals surface area (Å²) < 4.78 is 16.8. The van der Waals surface area contributed by atoms with Gasteiger partial charge in [-0.05, 0) is 6.92 Å². The van der Waals surface area contributed by atoms with Crippen molar-refractivity contribution < 1.29 is 9.09 Å². The van der Waals surface area contributed by atoms with E-state index in [0.717, 1.165) is 5.69 Å². The van der Waals surface area contributed by atoms with Crippen LogP contribution >= 0.6 is 31.1 Å². The third-order valence-electron chi connectivity index (χ3n) is 1.42. The SMILES string of the molecule is CCO[P@](C)(=O)Cc1csc(N)n1.Cl. The highest BCUT2D eigenvalue weighted by molar-refractivity contribution is 7.57. The van der Waals surface area contributed by atoms with Crippen LogP contribution in [0.1, 0.15) is 12.6 Å². The quantitative estimate of drug-likeness (QED) is 0.841. The summed E-state index contributed by atoms with van der Waals surface area (Å²) in [7, 11) is -2.51. The van der Waals surface area contributed by atoms with Crippen LogP contribution in [0.2, 0.25) is 0 Å². The molecule has 4 nitrogen and oxygen atoms in total. The normalized spacial score (nSPS) is 14.4. The van der Waals surface area contributed by atoms with Crippen molar-refractivity contribution in [3.8, 4) is 0 Å². The predicted octanol–water partition coefficient (Wildman–Crippen LogP) is 2.59. The number of rotatable bonds is 4. The molecule has 0 fully saturated rings. The van der Waals surface area contributed by atoms with E-state index in [-0.39, 0.29) is 12.4 Å². The molecule has 0 aliphatic carbocycles. The fourth-order valence-electron chi connectivity index (χ4n) is 1.01. The molecule has 0 saturated heterocycles. The van der Waals surface area contributed by atoms with Crippen LogP contribution in [0, 0.1) is 0 Å². The van der Waals surface area contributed by atoms with Crippen LogP contribution in [-0.2, 0) is 15.3 Å². The summed E-state index contributed by atoms with van der Waals surface area (Å²) in [4.78, 5) is 4.02. The van der Waals surface area contributed by atoms with Crippen molar-refractivity contribution in [1.82, 2.24) is 4.98 Å². The van der Waals surface area contributed by atoms with Gasteiger partial charge in [-0.1, -0.05) is 0 Å². The average molecular weight is 257 g/mol. The zero-order valence-corrected chi connectivity index (χ0v) is 10.6. The van der Waals surface area contributed by atoms with Crippen molar-refractivity contribution >= 4 is 36.2 Å². The smallest absolute Gasteiger partial charge is 0.206 e. The zero-order valence-electron chi connectivity index (χ0n) is 8.10. The van der Waals surface area contributed by atoms with Crippen LogP contribution in [-0.4, -0.2) is 18.3 Å². The summed E-state index contributed by atoms with van der Waals surface area (Å²) in [5.41, 5.74) is 6.20. The molecule has 0 amide bonds. The van der Waals surface area contributed by atoms with Crippen LogP contribution in [0.25, 0.3) is 0 Å². The van der Waals surface area contributed by atoms with Gasteiger partial charge in [-0.15, -0.1) is 23.7 Å². The molecule has 82 valence electrons. The molecule has 1 rings (SSSR count). The van der Waals surface area contributed by atoms with E-state index in [0.29, 0.717) is 17.9 Å². The molecule has 0 aromatic carbocycles. The van der Waals surface area contributed by atoms with Crippen molar-refractivity contribution in [2.45, 2.75) is 13.1 Å². The molecule has 0 aliphatic rings. The van der Waals surface area contributed by atoms with Gasteiger partial charge < -0.3 is 10.3 Å². The first-order chi connectivity index (χ1) is 6.03. The van der Waals surface area contributed by atoms with E-state index in [4.69, 9.17) is 10.3 Å². The Balaban J connectivity index is 0.00000169. The molecule has 0 bridgehead atoms. The Bertz CT molecular complexity index is 331. The van der Waals surface area contributed by atoms with E-state index >= 15 is 0 Å². The Labute approximate surface area is 93.7 Å². The van der Waals surface area contributed by atoms with Gasteiger partial charge in [0.15, 0.2) is 5.13 Å². The number of thiazole rings is 1. The van der Waals surface area contributed by atoms with Crippen LogP contribution in [0.15, 0.2) is 5.38 Å². The second kappa shape index (κ2) is 5.71. The lowest BCUT2D eigenvalue weighted by molar-refractivity contribution is 0.336. The van der Waals surface area contributed by atoms with E-state index in [1.54, 1.807) is 6.66 Å². The summed E-state index contributed by atoms with van der Waals surface area (Å²) in [6.45, 7) is 3.91. The minimum absolute atomic E-state index is 0. The molecule has 1 aromatic rings. The molecular weight excluding hydrogens is 243 g/mol. The average Bonchev–Trinajstić information content (AvgIpc) is 2.34. The molecule has 7 heteroatoms. The van der Waals surface area contributed by atoms with Gasteiger partial charge in [0, 0.05) is 12.0 Å². The lowest BCUT2D eigenvalue weighted by atomic mass is 10.6. The van der Waals surface area contributed by atoms with E-state index in [1.807, 2.05) is 12.3 Å². The van der Waals surface area contributed by atoms with Gasteiger partial charge in [-0.3, -0.25) is 4.57 Å². The molecule has 1 aromatic heterocycles. The summed E-state index contributed by atoms with van der Waals surface area (Å²) in [6.07, 6.45) is 0.370. The first-order valence-corrected chi connectivity index (χ1v) is 7.08. The van der Waals surface area contributed by atoms with Crippen molar-refractivity contribution in [3.05, 3.63) is 11.1 Å². The number of hydrogen-bond acceptors (Lipinski definition) is 5. The summed E-state index contributed by atoms with van der Waals surface area (Å²) in [5, 5.41) is 2.32. The first-order valence-electron chi connectivity index (χ1n) is 3.94. The molecule has 14 heavy (non-hydrogen) atoms. The Morgan fingerprint density at radius 2 is 2.36 bits per heavy atom. The summed E-state index contributed by atoms with van der Waals surface area (Å²) in [6, 6.07) is 0. The maximum Gasteiger partial charge on any atom is 0.206 e. The molecule has 1 atom stereocenters. The minimum Gasteiger partial charge on any atom is -0.375 e. The second-order valence-corrected chi connectivity index (χ2v) is 6.26. The number of anilines is 1. The van der Waals surface area contributed by atoms with Crippen molar-refractivity contribution in [2.75, 3.05) is 19.0 Å². The fourth-order valence-corrected chi connectivity index (χ4v) is 3.08. The molecular formula is C7H14ClN2O2PS. The van der Waals surface area contributed by atoms with E-state index in [2.05, 4.69) is 4.98 Å². The molecule has 0 radical (unpaired) electrons. The highest BCUT2D eigenvalue weighted by Crippen LogP contribution is 2.46. The van der Waals surface area contributed by atoms with Crippen LogP contribution in [0.5, 0.6) is 0 Å². The molecule has 2 N–H and O–H groups in total. The van der Waals surface area contributed by atoms with Gasteiger partial charge >= 0.3 is 0 Å². The van der Waals surface area contributed by atoms with Gasteiger partial charge in [0.05, 0.1) is 18.5 Å². The maximum absolute atomic E-state index is 11.7. The van der Waals surface area contributed by atoms with E-state index in [1.165, 1.54) is 11.3 Å². The molecule has 0 aliphatic heterocycles. The maximum atomic E-state index is 11.7. The molecule has 0 unspecified atom stereocenters. The highest BCUT2D eigenvalue weighted by atomic mass is 35.5. The molecule has 0 saturated carbocycles. The third kappa shape index (κ3) is 4.42. The van der Waals surface area contributed by atoms with Crippen molar-refractivity contribution in [3.63, 3.8) is 0 Å². The fraction of sp³-hybridized carbons (Fsp3) is 0.571. The van der Waals surface area contributed by atoms with Gasteiger partial charge in [-0.25, -0.2) is 4.98 Å². The van der Waals surface area contributed by atoms with Gasteiger partial charge in [-0.2, -0.15) is 0 Å². The highest BCUT2D eigenvalue weighted by Gasteiger charge is 2.17. The number of nitrogens with two attached hydrogens (primary N) is 1. The topological polar surface area (TPSA) is 65.2 Å². The largest absolute Gasteiger partial charge is 0.375 e. The number of nitrogens with zero attached hydrogens (tertiary/aromatic N) is 1. The predicted molar refractivity (Wildman–Crippen MR) is 62.6 cm³/mol. The summed E-state index contributed by atoms with van der Waals surface area (Å²) in [5.74, 6) is 0. The van der Waals surface area contributed by atoms with Crippen LogP contribution in [0.3, 0.4) is 0 Å². The van der Waals surface area contributed by atoms with Gasteiger partial charge in [0.2, 0.25) is 7.37 Å². The lowest BCUT2D eigenvalue weighted by Crippen LogP contribution is -1.93. The third-order valence-corrected chi connectivity index (χ3v) is 3.85. The Morgan fingerprint density at radius 1 is 1.71 bits per heavy atom. The number of hydrogen-bond donors (Lipinski definition) is 1. The minimum atomic E-state index is -2.51. The molecule has 0 spiro atoms. The van der Waals surface area contributed by atoms with Crippen LogP contribution < -0.4 is 5.73 Å². The van der Waals surface area contributed by atoms with Crippen molar-refractivity contribution in [1.29, 1.82) is 0 Å². The van der Waals surface area contributed by atoms with Crippen molar-refractivity contribution in [2.24, 2.45) is 0 Å². The second-order valence-electron chi connectivity index (χ2n) is 2.77. The summed E-state index contributed by atoms with van der Waals surface area (Å²) >= 11 is 1.35. The standard InChI is InChI=1S/C7H13N2O2PS.ClH/c1-3-11-12(2,10)4-6-5-13-7(8)9-6;/h5H,3-4H2,1-2H3,(H2,8,9);1H/t12-;/m0./s1. The monoisotopic (exact) mass is 256 g/mol. The Hall–Kier alpha value is -0.0900. The first kappa shape index (κ1) is 13.9. The zero-order chi connectivity index (χ0) is 9.90. The van der Waals surface area contributed by atoms with Crippen LogP contribution in [0.4, 0.5) is 5.13 Å². The number of nitrogen functional groups attached to an aromatic ring is 1. The molecule has 1 heterocycles. The number of aromatic nitrogens is 1. The van der Waals surface area contributed by atoms with Gasteiger partial charge in [0.1, 0.15) is 0 Å². The number of halogens is 1.